The van der Waals surface area contributed by atoms with Gasteiger partial charge in [-0.25, -0.2) is 9.37 Å². The van der Waals surface area contributed by atoms with E-state index in [1.165, 1.54) is 31.5 Å². The lowest BCUT2D eigenvalue weighted by Crippen LogP contribution is -2.20. The molecule has 136 valence electrons. The number of rotatable bonds is 3. The molecule has 7 nitrogen and oxygen atoms in total. The van der Waals surface area contributed by atoms with Crippen LogP contribution in [0.1, 0.15) is 11.4 Å². The number of ether oxygens (including phenoxy) is 1. The van der Waals surface area contributed by atoms with Crippen LogP contribution in [0.4, 0.5) is 4.39 Å². The van der Waals surface area contributed by atoms with Crippen LogP contribution in [0.2, 0.25) is 0 Å². The van der Waals surface area contributed by atoms with Crippen LogP contribution in [0.15, 0.2) is 46.3 Å². The van der Waals surface area contributed by atoms with E-state index in [-0.39, 0.29) is 11.3 Å². The molecule has 0 unspecified atom stereocenters. The van der Waals surface area contributed by atoms with Crippen molar-refractivity contribution in [1.82, 2.24) is 14.6 Å². The topological polar surface area (TPSA) is 92.5 Å². The first kappa shape index (κ1) is 16.8. The third-order valence-electron chi connectivity index (χ3n) is 4.25. The highest BCUT2D eigenvalue weighted by Gasteiger charge is 2.13. The van der Waals surface area contributed by atoms with Gasteiger partial charge in [0.05, 0.1) is 13.3 Å². The molecule has 0 aliphatic heterocycles. The number of nitrogens with one attached hydrogen (secondary N) is 1. The van der Waals surface area contributed by atoms with Crippen molar-refractivity contribution in [3.05, 3.63) is 64.0 Å². The van der Waals surface area contributed by atoms with Gasteiger partial charge in [0.1, 0.15) is 22.7 Å². The first-order valence-corrected chi connectivity index (χ1v) is 8.10. The van der Waals surface area contributed by atoms with Crippen LogP contribution in [-0.2, 0) is 0 Å². The second-order valence-electron chi connectivity index (χ2n) is 5.99. The molecule has 4 rings (SSSR count). The summed E-state index contributed by atoms with van der Waals surface area (Å²) in [4.78, 5) is 20.2. The second-order valence-corrected chi connectivity index (χ2v) is 5.99. The number of aryl methyl sites for hydroxylation is 1. The number of fused-ring (bicyclic) bond motifs is 3. The molecule has 8 heteroatoms. The summed E-state index contributed by atoms with van der Waals surface area (Å²) in [6.45, 7) is 1.65. The highest BCUT2D eigenvalue weighted by atomic mass is 19.1. The van der Waals surface area contributed by atoms with Crippen LogP contribution in [0.5, 0.6) is 11.5 Å². The van der Waals surface area contributed by atoms with E-state index in [4.69, 9.17) is 4.74 Å². The summed E-state index contributed by atoms with van der Waals surface area (Å²) in [6, 6.07) is 8.94. The van der Waals surface area contributed by atoms with E-state index in [0.29, 0.717) is 33.6 Å². The molecule has 0 aliphatic carbocycles. The number of nitrogens with zero attached hydrogens (tertiary/aromatic N) is 3. The molecule has 0 amide bonds. The number of halogens is 1. The highest BCUT2D eigenvalue weighted by Crippen LogP contribution is 2.26. The molecular formula is C19H15FN4O3. The van der Waals surface area contributed by atoms with E-state index in [2.05, 4.69) is 15.1 Å². The Labute approximate surface area is 152 Å². The number of hydrogen-bond acceptors (Lipinski definition) is 5. The molecule has 0 aliphatic rings. The van der Waals surface area contributed by atoms with Crippen LogP contribution in [0.25, 0.3) is 21.9 Å². The SMILES string of the molecule is COc1cc(/C=N/n2c(C)nc3c([nH]c4ccc(F)cc43)c2=O)ccc1O. The summed E-state index contributed by atoms with van der Waals surface area (Å²) in [5.74, 6) is 0.275. The molecule has 2 aromatic carbocycles. The molecule has 2 heterocycles. The molecule has 0 atom stereocenters. The molecule has 4 aromatic rings. The molecular weight excluding hydrogens is 351 g/mol. The van der Waals surface area contributed by atoms with Crippen LogP contribution in [-0.4, -0.2) is 33.1 Å². The van der Waals surface area contributed by atoms with Crippen molar-refractivity contribution in [2.45, 2.75) is 6.92 Å². The van der Waals surface area contributed by atoms with Crippen molar-refractivity contribution in [3.8, 4) is 11.5 Å². The monoisotopic (exact) mass is 366 g/mol. The van der Waals surface area contributed by atoms with Crippen molar-refractivity contribution in [3.63, 3.8) is 0 Å². The number of aromatic nitrogens is 3. The molecule has 2 N–H and O–H groups in total. The number of hydrogen-bond donors (Lipinski definition) is 2. The van der Waals surface area contributed by atoms with E-state index in [9.17, 15) is 14.3 Å². The van der Waals surface area contributed by atoms with Gasteiger partial charge in [-0.05, 0) is 48.9 Å². The van der Waals surface area contributed by atoms with Gasteiger partial charge >= 0.3 is 0 Å². The van der Waals surface area contributed by atoms with Crippen molar-refractivity contribution < 1.29 is 14.2 Å². The summed E-state index contributed by atoms with van der Waals surface area (Å²) in [7, 11) is 1.45. The van der Waals surface area contributed by atoms with Gasteiger partial charge in [-0.15, -0.1) is 0 Å². The van der Waals surface area contributed by atoms with Gasteiger partial charge in [0.2, 0.25) is 0 Å². The standard InChI is InChI=1S/C19H15FN4O3/c1-10-22-17-13-8-12(20)4-5-14(13)23-18(17)19(26)24(10)21-9-11-3-6-15(25)16(7-11)27-2/h3-9,23,25H,1-2H3/b21-9+. The lowest BCUT2D eigenvalue weighted by atomic mass is 10.2. The maximum atomic E-state index is 13.5. The zero-order valence-corrected chi connectivity index (χ0v) is 14.5. The first-order valence-electron chi connectivity index (χ1n) is 8.10. The number of phenols is 1. The minimum absolute atomic E-state index is 0.0105. The van der Waals surface area contributed by atoms with Gasteiger partial charge in [-0.3, -0.25) is 4.79 Å². The average molecular weight is 366 g/mol. The van der Waals surface area contributed by atoms with Gasteiger partial charge < -0.3 is 14.8 Å². The van der Waals surface area contributed by atoms with Gasteiger partial charge in [0.15, 0.2) is 11.5 Å². The van der Waals surface area contributed by atoms with E-state index < -0.39 is 11.4 Å². The normalized spacial score (nSPS) is 11.7. The van der Waals surface area contributed by atoms with Crippen molar-refractivity contribution >= 4 is 28.2 Å². The number of benzene rings is 2. The lowest BCUT2D eigenvalue weighted by molar-refractivity contribution is 0.373. The number of aromatic amines is 1. The van der Waals surface area contributed by atoms with Crippen LogP contribution >= 0.6 is 0 Å². The maximum absolute atomic E-state index is 13.5. The van der Waals surface area contributed by atoms with Gasteiger partial charge in [0, 0.05) is 10.9 Å². The number of methoxy groups -OCH3 is 1. The third kappa shape index (κ3) is 2.80. The van der Waals surface area contributed by atoms with Gasteiger partial charge in [-0.2, -0.15) is 9.78 Å². The summed E-state index contributed by atoms with van der Waals surface area (Å²) in [6.07, 6.45) is 1.46. The zero-order chi connectivity index (χ0) is 19.1. The van der Waals surface area contributed by atoms with E-state index in [1.54, 1.807) is 25.1 Å². The molecule has 0 fully saturated rings. The molecule has 27 heavy (non-hydrogen) atoms. The fourth-order valence-corrected chi connectivity index (χ4v) is 2.92. The van der Waals surface area contributed by atoms with Crippen LogP contribution in [0, 0.1) is 12.7 Å². The summed E-state index contributed by atoms with van der Waals surface area (Å²) < 4.78 is 19.8. The highest BCUT2D eigenvalue weighted by molar-refractivity contribution is 6.04. The van der Waals surface area contributed by atoms with Crippen LogP contribution in [0.3, 0.4) is 0 Å². The Balaban J connectivity index is 1.85. The predicted molar refractivity (Wildman–Crippen MR) is 100 cm³/mol. The van der Waals surface area contributed by atoms with E-state index in [0.717, 1.165) is 4.68 Å². The maximum Gasteiger partial charge on any atom is 0.298 e. The Morgan fingerprint density at radius 1 is 1.30 bits per heavy atom. The minimum Gasteiger partial charge on any atom is -0.504 e. The Kier molecular flexibility index (Phi) is 3.88. The molecule has 0 saturated carbocycles. The van der Waals surface area contributed by atoms with Gasteiger partial charge in [-0.1, -0.05) is 0 Å². The molecule has 0 saturated heterocycles. The summed E-state index contributed by atoms with van der Waals surface area (Å²) in [5.41, 5.74) is 1.53. The van der Waals surface area contributed by atoms with Crippen LogP contribution < -0.4 is 10.3 Å². The summed E-state index contributed by atoms with van der Waals surface area (Å²) >= 11 is 0. The second kappa shape index (κ2) is 6.24. The average Bonchev–Trinajstić information content (AvgIpc) is 3.01. The smallest absolute Gasteiger partial charge is 0.298 e. The number of phenolic OH excluding ortho intramolecular Hbond substituents is 1. The number of aromatic hydroxyl groups is 1. The Hall–Kier alpha value is -3.68. The molecule has 0 bridgehead atoms. The zero-order valence-electron chi connectivity index (χ0n) is 14.5. The first-order chi connectivity index (χ1) is 13.0. The third-order valence-corrected chi connectivity index (χ3v) is 4.25. The molecule has 0 spiro atoms. The van der Waals surface area contributed by atoms with Gasteiger partial charge in [0.25, 0.3) is 5.56 Å². The predicted octanol–water partition coefficient (Wildman–Crippen LogP) is 2.92. The summed E-state index contributed by atoms with van der Waals surface area (Å²) in [5, 5.41) is 14.4. The molecule has 2 aromatic heterocycles. The van der Waals surface area contributed by atoms with Crippen molar-refractivity contribution in [2.24, 2.45) is 5.10 Å². The number of H-pyrrole nitrogens is 1. The van der Waals surface area contributed by atoms with Crippen molar-refractivity contribution in [2.75, 3.05) is 7.11 Å². The quantitative estimate of drug-likeness (QED) is 0.545. The Bertz CT molecular complexity index is 1270. The molecule has 0 radical (unpaired) electrons. The lowest BCUT2D eigenvalue weighted by Gasteiger charge is -2.05. The van der Waals surface area contributed by atoms with E-state index in [1.807, 2.05) is 0 Å². The fraction of sp³-hybridized carbons (Fsp3) is 0.105. The Morgan fingerprint density at radius 2 is 2.11 bits per heavy atom. The minimum atomic E-state index is -0.397. The fourth-order valence-electron chi connectivity index (χ4n) is 2.92. The largest absolute Gasteiger partial charge is 0.504 e. The van der Waals surface area contributed by atoms with E-state index >= 15 is 0 Å². The van der Waals surface area contributed by atoms with Crippen molar-refractivity contribution in [1.29, 1.82) is 0 Å². The Morgan fingerprint density at radius 3 is 2.89 bits per heavy atom.